The zero-order valence-corrected chi connectivity index (χ0v) is 12.1. The first-order chi connectivity index (χ1) is 9.20. The summed E-state index contributed by atoms with van der Waals surface area (Å²) < 4.78 is 6.61. The van der Waals surface area contributed by atoms with Crippen molar-refractivity contribution in [2.24, 2.45) is 0 Å². The summed E-state index contributed by atoms with van der Waals surface area (Å²) in [6, 6.07) is 13.3. The van der Waals surface area contributed by atoms with Gasteiger partial charge in [-0.25, -0.2) is 4.98 Å². The molecule has 0 aliphatic rings. The molecule has 0 amide bonds. The summed E-state index contributed by atoms with van der Waals surface area (Å²) in [4.78, 5) is 4.40. The van der Waals surface area contributed by atoms with Gasteiger partial charge in [0.15, 0.2) is 5.58 Å². The minimum absolute atomic E-state index is 0.586. The Kier molecular flexibility index (Phi) is 3.40. The smallest absolute Gasteiger partial charge is 0.220 e. The molecular formula is C15H9BrClNO. The van der Waals surface area contributed by atoms with Crippen LogP contribution >= 0.6 is 27.5 Å². The molecule has 4 heteroatoms. The number of aromatic nitrogens is 1. The molecule has 3 aromatic rings. The molecule has 0 atom stereocenters. The van der Waals surface area contributed by atoms with Gasteiger partial charge in [0.1, 0.15) is 5.52 Å². The van der Waals surface area contributed by atoms with E-state index in [2.05, 4.69) is 20.9 Å². The molecule has 0 fully saturated rings. The van der Waals surface area contributed by atoms with Crippen LogP contribution in [0.25, 0.3) is 23.3 Å². The predicted molar refractivity (Wildman–Crippen MR) is 82.1 cm³/mol. The van der Waals surface area contributed by atoms with E-state index in [4.69, 9.17) is 16.0 Å². The van der Waals surface area contributed by atoms with Crippen LogP contribution in [-0.4, -0.2) is 4.98 Å². The molecule has 1 aromatic heterocycles. The first-order valence-corrected chi connectivity index (χ1v) is 6.87. The molecule has 2 aromatic carbocycles. The van der Waals surface area contributed by atoms with Gasteiger partial charge in [-0.05, 0) is 42.0 Å². The van der Waals surface area contributed by atoms with Gasteiger partial charge in [-0.3, -0.25) is 0 Å². The van der Waals surface area contributed by atoms with Gasteiger partial charge in [-0.2, -0.15) is 0 Å². The highest BCUT2D eigenvalue weighted by atomic mass is 79.9. The van der Waals surface area contributed by atoms with Gasteiger partial charge in [-0.1, -0.05) is 39.7 Å². The van der Waals surface area contributed by atoms with Crippen LogP contribution < -0.4 is 0 Å². The molecule has 0 bridgehead atoms. The minimum atomic E-state index is 0.586. The maximum atomic E-state index is 5.84. The largest absolute Gasteiger partial charge is 0.437 e. The van der Waals surface area contributed by atoms with Gasteiger partial charge in [-0.15, -0.1) is 0 Å². The number of fused-ring (bicyclic) bond motifs is 1. The average molecular weight is 335 g/mol. The Morgan fingerprint density at radius 3 is 2.63 bits per heavy atom. The van der Waals surface area contributed by atoms with E-state index in [0.717, 1.165) is 26.2 Å². The zero-order valence-electron chi connectivity index (χ0n) is 9.81. The van der Waals surface area contributed by atoms with E-state index in [1.165, 1.54) is 0 Å². The van der Waals surface area contributed by atoms with Crippen LogP contribution in [0, 0.1) is 0 Å². The van der Waals surface area contributed by atoms with Crippen molar-refractivity contribution in [1.29, 1.82) is 0 Å². The third-order valence-corrected chi connectivity index (χ3v) is 3.40. The summed E-state index contributed by atoms with van der Waals surface area (Å²) in [5, 5.41) is 0.726. The highest BCUT2D eigenvalue weighted by molar-refractivity contribution is 9.10. The molecule has 0 aliphatic heterocycles. The molecular weight excluding hydrogens is 326 g/mol. The Labute approximate surface area is 123 Å². The van der Waals surface area contributed by atoms with Crippen molar-refractivity contribution in [3.63, 3.8) is 0 Å². The van der Waals surface area contributed by atoms with E-state index in [1.807, 2.05) is 54.6 Å². The van der Waals surface area contributed by atoms with Crippen LogP contribution in [0.1, 0.15) is 11.5 Å². The normalized spacial score (nSPS) is 11.5. The van der Waals surface area contributed by atoms with E-state index in [0.29, 0.717) is 5.89 Å². The van der Waals surface area contributed by atoms with Crippen LogP contribution in [0.2, 0.25) is 5.02 Å². The van der Waals surface area contributed by atoms with Gasteiger partial charge >= 0.3 is 0 Å². The molecule has 0 spiro atoms. The van der Waals surface area contributed by atoms with Gasteiger partial charge in [0.05, 0.1) is 0 Å². The van der Waals surface area contributed by atoms with E-state index < -0.39 is 0 Å². The summed E-state index contributed by atoms with van der Waals surface area (Å²) in [5.74, 6) is 0.586. The van der Waals surface area contributed by atoms with Crippen molar-refractivity contribution >= 4 is 50.8 Å². The van der Waals surface area contributed by atoms with Crippen LogP contribution in [0.15, 0.2) is 51.4 Å². The van der Waals surface area contributed by atoms with E-state index in [9.17, 15) is 0 Å². The van der Waals surface area contributed by atoms with Crippen LogP contribution in [-0.2, 0) is 0 Å². The molecule has 1 heterocycles. The van der Waals surface area contributed by atoms with Gasteiger partial charge in [0, 0.05) is 15.6 Å². The highest BCUT2D eigenvalue weighted by Gasteiger charge is 2.03. The Bertz CT molecular complexity index is 746. The molecule has 0 saturated carbocycles. The number of rotatable bonds is 2. The summed E-state index contributed by atoms with van der Waals surface area (Å²) in [6.07, 6.45) is 3.78. The quantitative estimate of drug-likeness (QED) is 0.626. The monoisotopic (exact) mass is 333 g/mol. The third-order valence-electron chi connectivity index (χ3n) is 2.65. The van der Waals surface area contributed by atoms with Crippen molar-refractivity contribution in [2.75, 3.05) is 0 Å². The molecule has 2 nitrogen and oxygen atoms in total. The molecule has 19 heavy (non-hydrogen) atoms. The predicted octanol–water partition coefficient (Wildman–Crippen LogP) is 5.41. The Balaban J connectivity index is 1.90. The lowest BCUT2D eigenvalue weighted by atomic mass is 10.2. The molecule has 0 saturated heterocycles. The topological polar surface area (TPSA) is 26.0 Å². The van der Waals surface area contributed by atoms with Gasteiger partial charge in [0.25, 0.3) is 0 Å². The first kappa shape index (κ1) is 12.5. The van der Waals surface area contributed by atoms with Gasteiger partial charge in [0.2, 0.25) is 5.89 Å². The number of halogens is 2. The number of benzene rings is 2. The molecule has 0 unspecified atom stereocenters. The van der Waals surface area contributed by atoms with Crippen LogP contribution in [0.3, 0.4) is 0 Å². The van der Waals surface area contributed by atoms with E-state index >= 15 is 0 Å². The fourth-order valence-corrected chi connectivity index (χ4v) is 2.21. The lowest BCUT2D eigenvalue weighted by Gasteiger charge is -1.92. The van der Waals surface area contributed by atoms with E-state index in [-0.39, 0.29) is 0 Å². The molecule has 0 N–H and O–H groups in total. The maximum Gasteiger partial charge on any atom is 0.220 e. The molecule has 0 aliphatic carbocycles. The molecule has 3 rings (SSSR count). The number of oxazole rings is 1. The highest BCUT2D eigenvalue weighted by Crippen LogP contribution is 2.21. The summed E-state index contributed by atoms with van der Waals surface area (Å²) in [7, 11) is 0. The average Bonchev–Trinajstić information content (AvgIpc) is 2.80. The minimum Gasteiger partial charge on any atom is -0.437 e. The second-order valence-corrected chi connectivity index (χ2v) is 5.40. The fraction of sp³-hybridized carbons (Fsp3) is 0. The van der Waals surface area contributed by atoms with E-state index in [1.54, 1.807) is 0 Å². The summed E-state index contributed by atoms with van der Waals surface area (Å²) >= 11 is 9.25. The number of hydrogen-bond donors (Lipinski definition) is 0. The summed E-state index contributed by atoms with van der Waals surface area (Å²) in [6.45, 7) is 0. The molecule has 0 radical (unpaired) electrons. The lowest BCUT2D eigenvalue weighted by Crippen LogP contribution is -1.72. The van der Waals surface area contributed by atoms with Gasteiger partial charge < -0.3 is 4.42 Å². The Morgan fingerprint density at radius 1 is 1.05 bits per heavy atom. The Morgan fingerprint density at radius 2 is 1.84 bits per heavy atom. The van der Waals surface area contributed by atoms with Crippen molar-refractivity contribution in [1.82, 2.24) is 4.98 Å². The number of hydrogen-bond acceptors (Lipinski definition) is 2. The Hall–Kier alpha value is -1.58. The van der Waals surface area contributed by atoms with Crippen molar-refractivity contribution < 1.29 is 4.42 Å². The third kappa shape index (κ3) is 2.88. The van der Waals surface area contributed by atoms with Crippen LogP contribution in [0.4, 0.5) is 0 Å². The number of nitrogens with zero attached hydrogens (tertiary/aromatic N) is 1. The first-order valence-electron chi connectivity index (χ1n) is 5.70. The summed E-state index contributed by atoms with van der Waals surface area (Å²) in [5.41, 5.74) is 2.66. The maximum absolute atomic E-state index is 5.84. The van der Waals surface area contributed by atoms with Crippen LogP contribution in [0.5, 0.6) is 0 Å². The van der Waals surface area contributed by atoms with Crippen molar-refractivity contribution in [3.05, 3.63) is 63.4 Å². The fourth-order valence-electron chi connectivity index (χ4n) is 1.73. The second kappa shape index (κ2) is 5.19. The standard InChI is InChI=1S/C15H9BrClNO/c16-11-4-7-14-13(9-11)18-15(19-14)8-3-10-1-5-12(17)6-2-10/h1-9H. The van der Waals surface area contributed by atoms with Crippen molar-refractivity contribution in [3.8, 4) is 0 Å². The van der Waals surface area contributed by atoms with Crippen molar-refractivity contribution in [2.45, 2.75) is 0 Å². The second-order valence-electron chi connectivity index (χ2n) is 4.05. The SMILES string of the molecule is Clc1ccc(C=Cc2nc3cc(Br)ccc3o2)cc1. The molecule has 94 valence electrons. The zero-order chi connectivity index (χ0) is 13.2. The lowest BCUT2D eigenvalue weighted by molar-refractivity contribution is 0.589.